The number of para-hydroxylation sites is 2. The Balaban J connectivity index is 2.25. The zero-order valence-corrected chi connectivity index (χ0v) is 8.57. The van der Waals surface area contributed by atoms with Gasteiger partial charge in [0.05, 0.1) is 24.6 Å². The summed E-state index contributed by atoms with van der Waals surface area (Å²) in [6.45, 7) is 2.05. The van der Waals surface area contributed by atoms with E-state index in [9.17, 15) is 0 Å². The molecule has 1 aliphatic heterocycles. The summed E-state index contributed by atoms with van der Waals surface area (Å²) in [5, 5.41) is 0. The molecule has 1 heterocycles. The Morgan fingerprint density at radius 3 is 2.93 bits per heavy atom. The summed E-state index contributed by atoms with van der Waals surface area (Å²) in [6, 6.07) is 7.75. The Hall–Kier alpha value is -0.930. The Kier molecular flexibility index (Phi) is 2.79. The molecule has 0 aliphatic carbocycles. The van der Waals surface area contributed by atoms with Crippen molar-refractivity contribution in [2.45, 2.75) is 5.50 Å². The molecule has 76 valence electrons. The molecule has 14 heavy (non-hydrogen) atoms. The number of anilines is 2. The zero-order valence-electron chi connectivity index (χ0n) is 7.82. The van der Waals surface area contributed by atoms with E-state index < -0.39 is 0 Å². The molecule has 1 unspecified atom stereocenters. The molecular weight excluding hydrogens is 200 g/mol. The Bertz CT molecular complexity index is 319. The molecule has 1 atom stereocenters. The highest BCUT2D eigenvalue weighted by Gasteiger charge is 2.21. The van der Waals surface area contributed by atoms with Gasteiger partial charge in [0.25, 0.3) is 0 Å². The molecule has 4 heteroatoms. The fourth-order valence-electron chi connectivity index (χ4n) is 1.59. The lowest BCUT2D eigenvalue weighted by atomic mass is 10.2. The van der Waals surface area contributed by atoms with Crippen LogP contribution >= 0.6 is 11.6 Å². The van der Waals surface area contributed by atoms with Crippen LogP contribution in [-0.2, 0) is 4.74 Å². The number of rotatable bonds is 1. The summed E-state index contributed by atoms with van der Waals surface area (Å²) in [5.41, 5.74) is 7.52. The third kappa shape index (κ3) is 1.79. The molecule has 1 aliphatic rings. The van der Waals surface area contributed by atoms with Crippen LogP contribution in [0.5, 0.6) is 0 Å². The van der Waals surface area contributed by atoms with Crippen molar-refractivity contribution >= 4 is 23.0 Å². The van der Waals surface area contributed by atoms with Gasteiger partial charge in [-0.25, -0.2) is 0 Å². The third-order valence-electron chi connectivity index (χ3n) is 2.32. The van der Waals surface area contributed by atoms with E-state index in [1.807, 2.05) is 24.3 Å². The number of nitrogens with two attached hydrogens (primary N) is 1. The third-order valence-corrected chi connectivity index (χ3v) is 2.68. The molecule has 2 rings (SSSR count). The Morgan fingerprint density at radius 2 is 2.21 bits per heavy atom. The first-order valence-corrected chi connectivity index (χ1v) is 5.05. The van der Waals surface area contributed by atoms with Crippen LogP contribution in [0.4, 0.5) is 11.4 Å². The number of halogens is 1. The summed E-state index contributed by atoms with van der Waals surface area (Å²) in [6.07, 6.45) is 0. The van der Waals surface area contributed by atoms with Crippen molar-refractivity contribution in [3.63, 3.8) is 0 Å². The van der Waals surface area contributed by atoms with Crippen LogP contribution in [0, 0.1) is 0 Å². The van der Waals surface area contributed by atoms with Crippen LogP contribution in [0.15, 0.2) is 24.3 Å². The number of nitrogens with zero attached hydrogens (tertiary/aromatic N) is 1. The van der Waals surface area contributed by atoms with Crippen molar-refractivity contribution in [3.8, 4) is 0 Å². The maximum absolute atomic E-state index is 6.13. The van der Waals surface area contributed by atoms with Crippen LogP contribution < -0.4 is 10.6 Å². The van der Waals surface area contributed by atoms with E-state index in [1.54, 1.807) is 0 Å². The molecule has 2 N–H and O–H groups in total. The van der Waals surface area contributed by atoms with Gasteiger partial charge in [-0.05, 0) is 12.1 Å². The summed E-state index contributed by atoms with van der Waals surface area (Å²) >= 11 is 6.13. The molecule has 0 radical (unpaired) electrons. The second kappa shape index (κ2) is 4.07. The molecule has 0 amide bonds. The van der Waals surface area contributed by atoms with E-state index in [0.717, 1.165) is 17.9 Å². The average molecular weight is 213 g/mol. The van der Waals surface area contributed by atoms with Gasteiger partial charge in [0.2, 0.25) is 0 Å². The topological polar surface area (TPSA) is 38.5 Å². The van der Waals surface area contributed by atoms with Crippen LogP contribution in [0.2, 0.25) is 0 Å². The second-order valence-electron chi connectivity index (χ2n) is 3.26. The van der Waals surface area contributed by atoms with Gasteiger partial charge in [0.15, 0.2) is 0 Å². The van der Waals surface area contributed by atoms with Crippen LogP contribution in [-0.4, -0.2) is 25.3 Å². The van der Waals surface area contributed by atoms with Gasteiger partial charge in [-0.2, -0.15) is 0 Å². The predicted molar refractivity (Wildman–Crippen MR) is 58.7 cm³/mol. The number of nitrogen functional groups attached to an aromatic ring is 1. The van der Waals surface area contributed by atoms with Crippen molar-refractivity contribution in [1.82, 2.24) is 0 Å². The summed E-state index contributed by atoms with van der Waals surface area (Å²) in [4.78, 5) is 2.07. The fraction of sp³-hybridized carbons (Fsp3) is 0.400. The van der Waals surface area contributed by atoms with Crippen molar-refractivity contribution in [2.24, 2.45) is 0 Å². The first-order valence-electron chi connectivity index (χ1n) is 4.62. The maximum Gasteiger partial charge on any atom is 0.128 e. The predicted octanol–water partition coefficient (Wildman–Crippen LogP) is 1.67. The van der Waals surface area contributed by atoms with Gasteiger partial charge in [-0.3, -0.25) is 0 Å². The highest BCUT2D eigenvalue weighted by Crippen LogP contribution is 2.27. The molecular formula is C10H13ClN2O. The van der Waals surface area contributed by atoms with Crippen molar-refractivity contribution in [3.05, 3.63) is 24.3 Å². The number of hydrogen-bond donors (Lipinski definition) is 1. The number of alkyl halides is 1. The van der Waals surface area contributed by atoms with Crippen molar-refractivity contribution < 1.29 is 4.74 Å². The molecule has 1 aromatic rings. The zero-order chi connectivity index (χ0) is 9.97. The smallest absolute Gasteiger partial charge is 0.128 e. The van der Waals surface area contributed by atoms with E-state index >= 15 is 0 Å². The molecule has 3 nitrogen and oxygen atoms in total. The van der Waals surface area contributed by atoms with Crippen molar-refractivity contribution in [1.29, 1.82) is 0 Å². The minimum atomic E-state index is -0.117. The Labute approximate surface area is 88.4 Å². The van der Waals surface area contributed by atoms with Gasteiger partial charge in [0.1, 0.15) is 5.50 Å². The van der Waals surface area contributed by atoms with Crippen LogP contribution in [0.1, 0.15) is 0 Å². The quantitative estimate of drug-likeness (QED) is 0.437. The lowest BCUT2D eigenvalue weighted by molar-refractivity contribution is 0.113. The summed E-state index contributed by atoms with van der Waals surface area (Å²) in [5.74, 6) is 0. The van der Waals surface area contributed by atoms with E-state index in [1.165, 1.54) is 0 Å². The minimum Gasteiger partial charge on any atom is -0.397 e. The normalized spacial score (nSPS) is 22.4. The summed E-state index contributed by atoms with van der Waals surface area (Å²) < 4.78 is 5.26. The molecule has 1 aromatic carbocycles. The average Bonchev–Trinajstić information content (AvgIpc) is 2.20. The van der Waals surface area contributed by atoms with E-state index in [-0.39, 0.29) is 5.50 Å². The van der Waals surface area contributed by atoms with Gasteiger partial charge >= 0.3 is 0 Å². The minimum absolute atomic E-state index is 0.117. The monoisotopic (exact) mass is 212 g/mol. The largest absolute Gasteiger partial charge is 0.397 e. The molecule has 0 aromatic heterocycles. The van der Waals surface area contributed by atoms with Gasteiger partial charge in [0, 0.05) is 6.54 Å². The Morgan fingerprint density at radius 1 is 1.43 bits per heavy atom. The van der Waals surface area contributed by atoms with E-state index in [0.29, 0.717) is 13.2 Å². The number of hydrogen-bond acceptors (Lipinski definition) is 3. The highest BCUT2D eigenvalue weighted by atomic mass is 35.5. The standard InChI is InChI=1S/C10H13ClN2O/c11-10-7-14-6-5-13(10)9-4-2-1-3-8(9)12/h1-4,10H,5-7,12H2. The van der Waals surface area contributed by atoms with Gasteiger partial charge < -0.3 is 15.4 Å². The van der Waals surface area contributed by atoms with Crippen LogP contribution in [0.25, 0.3) is 0 Å². The fourth-order valence-corrected chi connectivity index (χ4v) is 1.89. The molecule has 1 fully saturated rings. The lowest BCUT2D eigenvalue weighted by Crippen LogP contribution is -2.42. The molecule has 0 saturated carbocycles. The summed E-state index contributed by atoms with van der Waals surface area (Å²) in [7, 11) is 0. The number of ether oxygens (including phenoxy) is 1. The molecule has 0 bridgehead atoms. The number of morpholine rings is 1. The SMILES string of the molecule is Nc1ccccc1N1CCOCC1Cl. The van der Waals surface area contributed by atoms with Gasteiger partial charge in [-0.1, -0.05) is 23.7 Å². The number of benzene rings is 1. The second-order valence-corrected chi connectivity index (χ2v) is 3.77. The maximum atomic E-state index is 6.13. The first kappa shape index (κ1) is 9.62. The van der Waals surface area contributed by atoms with Crippen molar-refractivity contribution in [2.75, 3.05) is 30.4 Å². The molecule has 0 spiro atoms. The molecule has 1 saturated heterocycles. The van der Waals surface area contributed by atoms with Crippen LogP contribution in [0.3, 0.4) is 0 Å². The van der Waals surface area contributed by atoms with E-state index in [4.69, 9.17) is 22.1 Å². The van der Waals surface area contributed by atoms with Gasteiger partial charge in [-0.15, -0.1) is 0 Å². The van der Waals surface area contributed by atoms with E-state index in [2.05, 4.69) is 4.90 Å². The lowest BCUT2D eigenvalue weighted by Gasteiger charge is -2.34. The highest BCUT2D eigenvalue weighted by molar-refractivity contribution is 6.22. The first-order chi connectivity index (χ1) is 6.79.